The number of carbonyl (C=O) groups excluding carboxylic acids is 6. The Morgan fingerprint density at radius 3 is 2.25 bits per heavy atom. The van der Waals surface area contributed by atoms with Crippen LogP contribution >= 0.6 is 0 Å². The van der Waals surface area contributed by atoms with E-state index in [1.165, 1.54) is 0 Å². The zero-order chi connectivity index (χ0) is 44.5. The monoisotopic (exact) mass is 860 g/mol. The van der Waals surface area contributed by atoms with Crippen molar-refractivity contribution in [3.8, 4) is 0 Å². The minimum Gasteiger partial charge on any atom is -0.480 e. The number of anilines is 4. The molecule has 0 radical (unpaired) electrons. The molecule has 6 amide bonds. The van der Waals surface area contributed by atoms with Gasteiger partial charge in [-0.3, -0.25) is 39.0 Å². The number of hydrogen-bond donors (Lipinski definition) is 5. The van der Waals surface area contributed by atoms with E-state index in [9.17, 15) is 38.7 Å². The molecule has 2 aromatic heterocycles. The highest BCUT2D eigenvalue weighted by molar-refractivity contribution is 6.23. The normalized spacial score (nSPS) is 18.9. The summed E-state index contributed by atoms with van der Waals surface area (Å²) < 4.78 is 0. The van der Waals surface area contributed by atoms with Crippen LogP contribution in [0.5, 0.6) is 0 Å². The number of carboxylic acid groups (broad SMARTS) is 1. The van der Waals surface area contributed by atoms with Crippen molar-refractivity contribution in [1.82, 2.24) is 40.4 Å². The number of rotatable bonds is 12. The van der Waals surface area contributed by atoms with Gasteiger partial charge >= 0.3 is 5.97 Å². The number of imide groups is 2. The lowest BCUT2D eigenvalue weighted by molar-refractivity contribution is -0.140. The van der Waals surface area contributed by atoms with Gasteiger partial charge in [0.25, 0.3) is 17.7 Å². The fourth-order valence-electron chi connectivity index (χ4n) is 9.09. The highest BCUT2D eigenvalue weighted by Crippen LogP contribution is 2.36. The molecule has 3 saturated heterocycles. The highest BCUT2D eigenvalue weighted by atomic mass is 16.4. The zero-order valence-corrected chi connectivity index (χ0v) is 34.7. The van der Waals surface area contributed by atoms with Crippen LogP contribution in [0, 0.1) is 11.8 Å². The number of nitrogens with one attached hydrogen (secondary N) is 2. The van der Waals surface area contributed by atoms with Crippen LogP contribution in [0.15, 0.2) is 48.7 Å². The second-order valence-electron chi connectivity index (χ2n) is 16.5. The van der Waals surface area contributed by atoms with Gasteiger partial charge in [-0.2, -0.15) is 9.97 Å². The predicted molar refractivity (Wildman–Crippen MR) is 228 cm³/mol. The molecule has 20 heteroatoms. The molecule has 7 N–H and O–H groups in total. The number of aliphatic carboxylic acids is 1. The van der Waals surface area contributed by atoms with Crippen molar-refractivity contribution in [3.63, 3.8) is 0 Å². The van der Waals surface area contributed by atoms with Crippen molar-refractivity contribution in [2.45, 2.75) is 70.0 Å². The molecule has 2 atom stereocenters. The Bertz CT molecular complexity index is 2500. The summed E-state index contributed by atoms with van der Waals surface area (Å²) in [5.74, 6) is -3.04. The molecule has 0 spiro atoms. The summed E-state index contributed by atoms with van der Waals surface area (Å²) >= 11 is 0. The molecule has 0 aliphatic carbocycles. The number of nitrogens with two attached hydrogens (primary N) is 2. The van der Waals surface area contributed by atoms with Crippen LogP contribution in [0.1, 0.15) is 88.1 Å². The molecule has 2 aromatic carbocycles. The molecule has 8 rings (SSSR count). The van der Waals surface area contributed by atoms with Crippen LogP contribution < -0.4 is 31.9 Å². The molecule has 328 valence electrons. The van der Waals surface area contributed by atoms with Crippen LogP contribution in [0.3, 0.4) is 0 Å². The first-order chi connectivity index (χ1) is 30.2. The Morgan fingerprint density at radius 2 is 1.57 bits per heavy atom. The van der Waals surface area contributed by atoms with Gasteiger partial charge in [0.15, 0.2) is 17.0 Å². The minimum absolute atomic E-state index is 0.00718. The number of piperidine rings is 3. The summed E-state index contributed by atoms with van der Waals surface area (Å²) in [6.45, 7) is 3.02. The third kappa shape index (κ3) is 8.91. The first-order valence-corrected chi connectivity index (χ1v) is 21.0. The molecule has 4 aliphatic rings. The van der Waals surface area contributed by atoms with E-state index in [-0.39, 0.29) is 60.0 Å². The number of nitrogen functional groups attached to an aromatic ring is 2. The fourth-order valence-corrected chi connectivity index (χ4v) is 9.09. The van der Waals surface area contributed by atoms with E-state index in [0.29, 0.717) is 48.3 Å². The van der Waals surface area contributed by atoms with Gasteiger partial charge in [0, 0.05) is 63.0 Å². The first-order valence-electron chi connectivity index (χ1n) is 21.0. The molecule has 4 aliphatic heterocycles. The summed E-state index contributed by atoms with van der Waals surface area (Å²) in [4.78, 5) is 113. The van der Waals surface area contributed by atoms with Gasteiger partial charge in [-0.05, 0) is 92.8 Å². The predicted octanol–water partition coefficient (Wildman–Crippen LogP) is 1.74. The minimum atomic E-state index is -1.25. The van der Waals surface area contributed by atoms with Gasteiger partial charge in [-0.25, -0.2) is 14.8 Å². The van der Waals surface area contributed by atoms with Gasteiger partial charge in [0.05, 0.1) is 29.6 Å². The van der Waals surface area contributed by atoms with Crippen LogP contribution in [-0.2, 0) is 25.7 Å². The Kier molecular flexibility index (Phi) is 11.9. The molecule has 3 fully saturated rings. The summed E-state index contributed by atoms with van der Waals surface area (Å²) in [6, 6.07) is 9.58. The number of nitrogens with zero attached hydrogens (tertiary/aromatic N) is 8. The van der Waals surface area contributed by atoms with E-state index in [4.69, 9.17) is 11.5 Å². The lowest BCUT2D eigenvalue weighted by atomic mass is 9.78. The first kappa shape index (κ1) is 42.4. The molecule has 0 bridgehead atoms. The number of fused-ring (bicyclic) bond motifs is 2. The Balaban J connectivity index is 0.773. The van der Waals surface area contributed by atoms with Gasteiger partial charge in [-0.1, -0.05) is 0 Å². The number of carbonyl (C=O) groups is 7. The maximum atomic E-state index is 13.3. The van der Waals surface area contributed by atoms with Crippen molar-refractivity contribution in [1.29, 1.82) is 0 Å². The smallest absolute Gasteiger partial charge is 0.326 e. The standard InChI is InChI=1S/C43H48N12O8/c1-52(22-26-21-46-37-35(47-26)36(44)50-43(45)51-37)27-4-2-25(3-5-27)38(58)48-31(42(62)63)8-11-34(57)54-18-14-24(15-19-54)23-12-16-53(17-13-23)28-6-7-29-30(20-28)41(61)55(40(29)60)32-9-10-33(56)49-39(32)59/h2-7,20-21,23-24,31-32H,8-19,22H2,1H3,(H,48,58)(H,62,63)(H,49,56,59)(H4,44,45,46,50,51). The molecule has 20 nitrogen and oxygen atoms in total. The second kappa shape index (κ2) is 17.6. The molecule has 2 unspecified atom stereocenters. The number of hydrogen-bond acceptors (Lipinski definition) is 15. The molecule has 4 aromatic rings. The lowest BCUT2D eigenvalue weighted by Crippen LogP contribution is -2.54. The Hall–Kier alpha value is -7.25. The van der Waals surface area contributed by atoms with E-state index < -0.39 is 47.6 Å². The maximum Gasteiger partial charge on any atom is 0.326 e. The van der Waals surface area contributed by atoms with Crippen LogP contribution in [-0.4, -0.2) is 122 Å². The molecular weight excluding hydrogens is 813 g/mol. The number of benzene rings is 2. The quantitative estimate of drug-likeness (QED) is 0.127. The van der Waals surface area contributed by atoms with Crippen molar-refractivity contribution >= 4 is 75.7 Å². The van der Waals surface area contributed by atoms with E-state index >= 15 is 0 Å². The van der Waals surface area contributed by atoms with Crippen molar-refractivity contribution in [3.05, 3.63) is 71.0 Å². The van der Waals surface area contributed by atoms with Gasteiger partial charge in [0.1, 0.15) is 12.1 Å². The van der Waals surface area contributed by atoms with Crippen molar-refractivity contribution < 1.29 is 38.7 Å². The Labute approximate surface area is 361 Å². The van der Waals surface area contributed by atoms with Crippen LogP contribution in [0.25, 0.3) is 11.2 Å². The summed E-state index contributed by atoms with van der Waals surface area (Å²) in [5, 5.41) is 14.7. The summed E-state index contributed by atoms with van der Waals surface area (Å²) in [6.07, 6.45) is 5.17. The molecule has 63 heavy (non-hydrogen) atoms. The SMILES string of the molecule is CN(Cc1cnc2nc(N)nc(N)c2n1)c1ccc(C(=O)NC(CCC(=O)N2CCC(C3CCN(c4ccc5c(c4)C(=O)N(C4CCC(=O)NC4=O)C5=O)CC3)CC2)C(=O)O)cc1. The van der Waals surface area contributed by atoms with Crippen molar-refractivity contribution in [2.75, 3.05) is 54.5 Å². The van der Waals surface area contributed by atoms with Gasteiger partial charge in [-0.15, -0.1) is 0 Å². The summed E-state index contributed by atoms with van der Waals surface area (Å²) in [7, 11) is 1.84. The fraction of sp³-hybridized carbons (Fsp3) is 0.419. The van der Waals surface area contributed by atoms with Gasteiger partial charge in [0.2, 0.25) is 23.7 Å². The topological polar surface area (TPSA) is 280 Å². The summed E-state index contributed by atoms with van der Waals surface area (Å²) in [5.41, 5.74) is 15.2. The second-order valence-corrected chi connectivity index (χ2v) is 16.5. The molecule has 6 heterocycles. The largest absolute Gasteiger partial charge is 0.480 e. The van der Waals surface area contributed by atoms with E-state index in [0.717, 1.165) is 55.0 Å². The van der Waals surface area contributed by atoms with E-state index in [1.807, 2.05) is 18.0 Å². The van der Waals surface area contributed by atoms with Crippen LogP contribution in [0.4, 0.5) is 23.1 Å². The number of amides is 6. The number of carboxylic acids is 1. The van der Waals surface area contributed by atoms with Gasteiger partial charge < -0.3 is 36.6 Å². The van der Waals surface area contributed by atoms with Crippen LogP contribution in [0.2, 0.25) is 0 Å². The lowest BCUT2D eigenvalue weighted by Gasteiger charge is -2.41. The molecule has 0 saturated carbocycles. The third-order valence-electron chi connectivity index (χ3n) is 12.6. The Morgan fingerprint density at radius 1 is 0.889 bits per heavy atom. The van der Waals surface area contributed by atoms with E-state index in [1.54, 1.807) is 47.5 Å². The molecular formula is C43H48N12O8. The number of aromatic nitrogens is 4. The van der Waals surface area contributed by atoms with E-state index in [2.05, 4.69) is 35.5 Å². The average molecular weight is 861 g/mol. The highest BCUT2D eigenvalue weighted by Gasteiger charge is 2.45. The zero-order valence-electron chi connectivity index (χ0n) is 34.7. The maximum absolute atomic E-state index is 13.3. The third-order valence-corrected chi connectivity index (χ3v) is 12.6. The average Bonchev–Trinajstić information content (AvgIpc) is 3.52. The number of likely N-dealkylation sites (tertiary alicyclic amines) is 1. The van der Waals surface area contributed by atoms with Crippen molar-refractivity contribution in [2.24, 2.45) is 11.8 Å².